The summed E-state index contributed by atoms with van der Waals surface area (Å²) in [5, 5.41) is 10.5. The highest BCUT2D eigenvalue weighted by atomic mass is 16.5. The zero-order chi connectivity index (χ0) is 15.4. The number of hydrogen-bond acceptors (Lipinski definition) is 5. The molecule has 21 heavy (non-hydrogen) atoms. The molecule has 1 unspecified atom stereocenters. The minimum Gasteiger partial charge on any atom is -0.398 e. The number of fused-ring (bicyclic) bond motifs is 1. The fourth-order valence-corrected chi connectivity index (χ4v) is 2.11. The average Bonchev–Trinajstić information content (AvgIpc) is 2.47. The summed E-state index contributed by atoms with van der Waals surface area (Å²) in [4.78, 5) is 11.2. The van der Waals surface area contributed by atoms with Gasteiger partial charge in [-0.05, 0) is 36.3 Å². The van der Waals surface area contributed by atoms with Crippen LogP contribution in [0.25, 0.3) is 11.8 Å². The van der Waals surface area contributed by atoms with Crippen LogP contribution < -0.4 is 16.8 Å². The summed E-state index contributed by atoms with van der Waals surface area (Å²) in [6.07, 6.45) is 4.55. The van der Waals surface area contributed by atoms with E-state index < -0.39 is 5.91 Å². The molecule has 0 fully saturated rings. The fraction of sp³-hybridized carbons (Fsp3) is 0.200. The maximum Gasteiger partial charge on any atom is 0.252 e. The summed E-state index contributed by atoms with van der Waals surface area (Å²) in [5.41, 5.74) is 13.8. The molecule has 6 heteroatoms. The first-order chi connectivity index (χ1) is 10.1. The van der Waals surface area contributed by atoms with Gasteiger partial charge in [0.2, 0.25) is 0 Å². The highest BCUT2D eigenvalue weighted by molar-refractivity contribution is 6.16. The van der Waals surface area contributed by atoms with E-state index in [2.05, 4.69) is 5.32 Å². The maximum atomic E-state index is 11.2. The number of primary amides is 1. The molecule has 0 aliphatic carbocycles. The van der Waals surface area contributed by atoms with E-state index in [-0.39, 0.29) is 17.5 Å². The number of ether oxygens (including phenoxy) is 1. The van der Waals surface area contributed by atoms with Crippen molar-refractivity contribution in [1.82, 2.24) is 0 Å². The molecule has 2 rings (SSSR count). The Morgan fingerprint density at radius 2 is 2.24 bits per heavy atom. The molecule has 0 aromatic heterocycles. The van der Waals surface area contributed by atoms with Gasteiger partial charge in [-0.3, -0.25) is 4.79 Å². The van der Waals surface area contributed by atoms with Crippen LogP contribution in [0.5, 0.6) is 0 Å². The van der Waals surface area contributed by atoms with Crippen molar-refractivity contribution in [2.75, 3.05) is 11.9 Å². The van der Waals surface area contributed by atoms with E-state index >= 15 is 0 Å². The quantitative estimate of drug-likeness (QED) is 0.482. The molecule has 6 N–H and O–H groups in total. The van der Waals surface area contributed by atoms with Gasteiger partial charge in [-0.25, -0.2) is 0 Å². The smallest absolute Gasteiger partial charge is 0.252 e. The van der Waals surface area contributed by atoms with Gasteiger partial charge in [-0.1, -0.05) is 12.1 Å². The fourth-order valence-electron chi connectivity index (χ4n) is 2.11. The van der Waals surface area contributed by atoms with Crippen LogP contribution in [0.2, 0.25) is 0 Å². The molecule has 0 spiro atoms. The topological polar surface area (TPSA) is 114 Å². The van der Waals surface area contributed by atoms with Gasteiger partial charge in [0.05, 0.1) is 11.3 Å². The first-order valence-electron chi connectivity index (χ1n) is 6.57. The van der Waals surface area contributed by atoms with Crippen molar-refractivity contribution in [3.63, 3.8) is 0 Å². The second-order valence-electron chi connectivity index (χ2n) is 4.52. The van der Waals surface area contributed by atoms with Crippen LogP contribution >= 0.6 is 0 Å². The van der Waals surface area contributed by atoms with Gasteiger partial charge in [0, 0.05) is 18.5 Å². The third-order valence-corrected chi connectivity index (χ3v) is 3.16. The predicted molar refractivity (Wildman–Crippen MR) is 83.6 cm³/mol. The number of nitrogens with one attached hydrogen (secondary N) is 2. The summed E-state index contributed by atoms with van der Waals surface area (Å²) < 4.78 is 5.48. The summed E-state index contributed by atoms with van der Waals surface area (Å²) in [6.45, 7) is 2.55. The normalized spacial score (nSPS) is 17.5. The van der Waals surface area contributed by atoms with Crippen molar-refractivity contribution < 1.29 is 9.53 Å². The Hall–Kier alpha value is -2.60. The highest BCUT2D eigenvalue weighted by Crippen LogP contribution is 2.26. The van der Waals surface area contributed by atoms with E-state index in [1.165, 1.54) is 0 Å². The van der Waals surface area contributed by atoms with Crippen molar-refractivity contribution in [3.05, 3.63) is 41.0 Å². The second kappa shape index (κ2) is 6.23. The third kappa shape index (κ3) is 3.11. The number of carbonyl (C=O) groups is 1. The Bertz CT molecular complexity index is 635. The number of amides is 1. The third-order valence-electron chi connectivity index (χ3n) is 3.16. The largest absolute Gasteiger partial charge is 0.398 e. The molecule has 1 aliphatic heterocycles. The minimum atomic E-state index is -0.717. The molecule has 1 aromatic carbocycles. The lowest BCUT2D eigenvalue weighted by atomic mass is 10.0. The number of anilines is 1. The van der Waals surface area contributed by atoms with Crippen LogP contribution in [-0.4, -0.2) is 25.0 Å². The van der Waals surface area contributed by atoms with Gasteiger partial charge in [0.1, 0.15) is 6.23 Å². The number of benzene rings is 1. The second-order valence-corrected chi connectivity index (χ2v) is 4.52. The zero-order valence-corrected chi connectivity index (χ0v) is 11.7. The molecule has 1 heterocycles. The summed E-state index contributed by atoms with van der Waals surface area (Å²) >= 11 is 0. The molecule has 1 amide bonds. The van der Waals surface area contributed by atoms with E-state index in [4.69, 9.17) is 21.6 Å². The molecule has 110 valence electrons. The van der Waals surface area contributed by atoms with Crippen molar-refractivity contribution in [2.45, 2.75) is 13.2 Å². The van der Waals surface area contributed by atoms with Crippen LogP contribution in [0, 0.1) is 5.41 Å². The average molecular weight is 286 g/mol. The first kappa shape index (κ1) is 14.8. The molecule has 1 aliphatic rings. The number of rotatable bonds is 5. The lowest BCUT2D eigenvalue weighted by Gasteiger charge is -2.22. The standard InChI is InChI=1S/C15H18N4O2/c1-2-21-13-6-4-9-7-10(3-5-12(9)19-13)14(17)11(8-16)15(18)20/h3-8,13,16,19H,2,17H2,1H3,(H2,18,20). The molecule has 0 saturated heterocycles. The lowest BCUT2D eigenvalue weighted by molar-refractivity contribution is -0.114. The van der Waals surface area contributed by atoms with Gasteiger partial charge < -0.3 is 26.9 Å². The summed E-state index contributed by atoms with van der Waals surface area (Å²) in [7, 11) is 0. The Morgan fingerprint density at radius 3 is 2.86 bits per heavy atom. The monoisotopic (exact) mass is 286 g/mol. The Balaban J connectivity index is 2.36. The van der Waals surface area contributed by atoms with E-state index in [0.29, 0.717) is 12.2 Å². The molecule has 0 bridgehead atoms. The summed E-state index contributed by atoms with van der Waals surface area (Å²) in [6, 6.07) is 5.47. The highest BCUT2D eigenvalue weighted by Gasteiger charge is 2.15. The number of hydrogen-bond donors (Lipinski definition) is 4. The van der Waals surface area contributed by atoms with Crippen molar-refractivity contribution in [2.24, 2.45) is 11.5 Å². The van der Waals surface area contributed by atoms with Gasteiger partial charge in [0.15, 0.2) is 0 Å². The number of nitrogens with two attached hydrogens (primary N) is 2. The predicted octanol–water partition coefficient (Wildman–Crippen LogP) is 1.29. The Labute approximate surface area is 123 Å². The van der Waals surface area contributed by atoms with Gasteiger partial charge in [0.25, 0.3) is 5.91 Å². The molecule has 6 nitrogen and oxygen atoms in total. The molecule has 0 saturated carbocycles. The van der Waals surface area contributed by atoms with E-state index in [1.807, 2.05) is 31.2 Å². The van der Waals surface area contributed by atoms with Gasteiger partial charge in [-0.2, -0.15) is 0 Å². The van der Waals surface area contributed by atoms with Gasteiger partial charge >= 0.3 is 0 Å². The summed E-state index contributed by atoms with van der Waals surface area (Å²) in [5.74, 6) is -0.717. The van der Waals surface area contributed by atoms with Crippen molar-refractivity contribution in [1.29, 1.82) is 5.41 Å². The van der Waals surface area contributed by atoms with Crippen LogP contribution in [0.15, 0.2) is 29.8 Å². The van der Waals surface area contributed by atoms with Crippen LogP contribution in [0.4, 0.5) is 5.69 Å². The Kier molecular flexibility index (Phi) is 4.39. The molecule has 0 radical (unpaired) electrons. The van der Waals surface area contributed by atoms with Crippen molar-refractivity contribution >= 4 is 29.6 Å². The SMILES string of the molecule is CCOC1C=Cc2cc(C(N)=C(C=N)C(N)=O)ccc2N1. The van der Waals surface area contributed by atoms with E-state index in [9.17, 15) is 4.79 Å². The molecular formula is C15H18N4O2. The molecule has 1 aromatic rings. The van der Waals surface area contributed by atoms with Crippen LogP contribution in [0.1, 0.15) is 18.1 Å². The van der Waals surface area contributed by atoms with E-state index in [0.717, 1.165) is 17.5 Å². The molecule has 1 atom stereocenters. The minimum absolute atomic E-state index is 0.00473. The maximum absolute atomic E-state index is 11.2. The zero-order valence-electron chi connectivity index (χ0n) is 11.7. The van der Waals surface area contributed by atoms with Crippen LogP contribution in [-0.2, 0) is 9.53 Å². The molecular weight excluding hydrogens is 268 g/mol. The van der Waals surface area contributed by atoms with Gasteiger partial charge in [-0.15, -0.1) is 0 Å². The van der Waals surface area contributed by atoms with Crippen molar-refractivity contribution in [3.8, 4) is 0 Å². The lowest BCUT2D eigenvalue weighted by Crippen LogP contribution is -2.23. The Morgan fingerprint density at radius 1 is 1.48 bits per heavy atom. The first-order valence-corrected chi connectivity index (χ1v) is 6.57. The van der Waals surface area contributed by atoms with Crippen LogP contribution in [0.3, 0.4) is 0 Å². The van der Waals surface area contributed by atoms with E-state index in [1.54, 1.807) is 6.07 Å². The number of carbonyl (C=O) groups excluding carboxylic acids is 1.